The van der Waals surface area contributed by atoms with Gasteiger partial charge in [0.1, 0.15) is 5.75 Å². The summed E-state index contributed by atoms with van der Waals surface area (Å²) in [6.07, 6.45) is 2.82. The number of para-hydroxylation sites is 1. The molecule has 0 aliphatic carbocycles. The van der Waals surface area contributed by atoms with Crippen molar-refractivity contribution in [3.05, 3.63) is 77.9 Å². The zero-order valence-electron chi connectivity index (χ0n) is 16.7. The number of benzene rings is 3. The fourth-order valence-electron chi connectivity index (χ4n) is 3.11. The minimum atomic E-state index is 0.744. The highest BCUT2D eigenvalue weighted by molar-refractivity contribution is 8.13. The topological polar surface area (TPSA) is 34.0 Å². The molecule has 0 saturated carbocycles. The SMILES string of the molecule is COc1ccccc1Sc1ccc2c(c1)N=C(c1ccc(C)cc1)CC(SC)=N2. The van der Waals surface area contributed by atoms with E-state index in [-0.39, 0.29) is 0 Å². The fraction of sp³-hybridized carbons (Fsp3) is 0.167. The van der Waals surface area contributed by atoms with Crippen LogP contribution in [0.4, 0.5) is 11.4 Å². The first-order chi connectivity index (χ1) is 14.2. The van der Waals surface area contributed by atoms with Crippen LogP contribution in [-0.2, 0) is 0 Å². The van der Waals surface area contributed by atoms with E-state index in [0.717, 1.165) is 49.7 Å². The monoisotopic (exact) mass is 418 g/mol. The second kappa shape index (κ2) is 8.89. The van der Waals surface area contributed by atoms with Crippen molar-refractivity contribution < 1.29 is 4.74 Å². The van der Waals surface area contributed by atoms with Crippen LogP contribution in [0.2, 0.25) is 0 Å². The number of ether oxygens (including phenoxy) is 1. The van der Waals surface area contributed by atoms with E-state index in [2.05, 4.69) is 61.7 Å². The van der Waals surface area contributed by atoms with Crippen LogP contribution < -0.4 is 4.74 Å². The highest BCUT2D eigenvalue weighted by Gasteiger charge is 2.16. The van der Waals surface area contributed by atoms with Crippen LogP contribution in [-0.4, -0.2) is 24.1 Å². The lowest BCUT2D eigenvalue weighted by molar-refractivity contribution is 0.405. The van der Waals surface area contributed by atoms with E-state index < -0.39 is 0 Å². The largest absolute Gasteiger partial charge is 0.496 e. The third-order valence-corrected chi connectivity index (χ3v) is 6.44. The van der Waals surface area contributed by atoms with Crippen molar-refractivity contribution in [2.75, 3.05) is 13.4 Å². The normalized spacial score (nSPS) is 13.2. The molecule has 4 rings (SSSR count). The van der Waals surface area contributed by atoms with Crippen molar-refractivity contribution in [1.82, 2.24) is 0 Å². The summed E-state index contributed by atoms with van der Waals surface area (Å²) in [7, 11) is 1.70. The maximum Gasteiger partial charge on any atom is 0.132 e. The first-order valence-corrected chi connectivity index (χ1v) is 11.4. The van der Waals surface area contributed by atoms with E-state index in [4.69, 9.17) is 14.7 Å². The van der Waals surface area contributed by atoms with Crippen LogP contribution in [0.3, 0.4) is 0 Å². The molecule has 0 amide bonds. The van der Waals surface area contributed by atoms with E-state index in [1.165, 1.54) is 5.56 Å². The summed E-state index contributed by atoms with van der Waals surface area (Å²) in [6, 6.07) is 22.9. The Labute approximate surface area is 180 Å². The average molecular weight is 419 g/mol. The highest BCUT2D eigenvalue weighted by atomic mass is 32.2. The lowest BCUT2D eigenvalue weighted by atomic mass is 10.1. The summed E-state index contributed by atoms with van der Waals surface area (Å²) < 4.78 is 5.49. The Morgan fingerprint density at radius 2 is 1.69 bits per heavy atom. The number of thioether (sulfide) groups is 1. The van der Waals surface area contributed by atoms with Gasteiger partial charge in [-0.05, 0) is 49.1 Å². The van der Waals surface area contributed by atoms with Gasteiger partial charge in [0.25, 0.3) is 0 Å². The summed E-state index contributed by atoms with van der Waals surface area (Å²) >= 11 is 3.36. The molecule has 0 saturated heterocycles. The molecule has 0 fully saturated rings. The zero-order valence-corrected chi connectivity index (χ0v) is 18.3. The van der Waals surface area contributed by atoms with Gasteiger partial charge in [-0.1, -0.05) is 53.7 Å². The maximum atomic E-state index is 5.49. The molecule has 146 valence electrons. The second-order valence-corrected chi connectivity index (χ2v) is 8.71. The molecular weight excluding hydrogens is 396 g/mol. The number of rotatable bonds is 4. The molecule has 3 nitrogen and oxygen atoms in total. The molecule has 0 radical (unpaired) electrons. The first kappa shape index (κ1) is 19.8. The lowest BCUT2D eigenvalue weighted by Gasteiger charge is -2.09. The fourth-order valence-corrected chi connectivity index (χ4v) is 4.54. The first-order valence-electron chi connectivity index (χ1n) is 9.37. The van der Waals surface area contributed by atoms with Gasteiger partial charge in [0.15, 0.2) is 0 Å². The molecule has 0 atom stereocenters. The summed E-state index contributed by atoms with van der Waals surface area (Å²) in [5, 5.41) is 1.08. The Balaban J connectivity index is 1.74. The van der Waals surface area contributed by atoms with Gasteiger partial charge in [0, 0.05) is 11.3 Å². The minimum Gasteiger partial charge on any atom is -0.496 e. The molecule has 5 heteroatoms. The molecular formula is C24H22N2OS2. The van der Waals surface area contributed by atoms with Crippen molar-refractivity contribution in [2.45, 2.75) is 23.1 Å². The van der Waals surface area contributed by atoms with Gasteiger partial charge in [-0.15, -0.1) is 11.8 Å². The van der Waals surface area contributed by atoms with E-state index >= 15 is 0 Å². The Morgan fingerprint density at radius 3 is 2.45 bits per heavy atom. The zero-order chi connectivity index (χ0) is 20.2. The Bertz CT molecular complexity index is 1090. The summed E-state index contributed by atoms with van der Waals surface area (Å²) in [5.74, 6) is 0.874. The molecule has 1 heterocycles. The summed E-state index contributed by atoms with van der Waals surface area (Å²) in [6.45, 7) is 2.10. The van der Waals surface area contributed by atoms with E-state index in [1.807, 2.05) is 18.2 Å². The minimum absolute atomic E-state index is 0.744. The van der Waals surface area contributed by atoms with Crippen LogP contribution in [0, 0.1) is 6.92 Å². The van der Waals surface area contributed by atoms with Crippen LogP contribution in [0.25, 0.3) is 0 Å². The third kappa shape index (κ3) is 4.57. The predicted molar refractivity (Wildman–Crippen MR) is 126 cm³/mol. The van der Waals surface area contributed by atoms with Gasteiger partial charge in [0.05, 0.1) is 34.1 Å². The second-order valence-electron chi connectivity index (χ2n) is 6.71. The Kier molecular flexibility index (Phi) is 6.07. The average Bonchev–Trinajstić information content (AvgIpc) is 2.93. The molecule has 3 aromatic rings. The van der Waals surface area contributed by atoms with Crippen LogP contribution in [0.1, 0.15) is 17.5 Å². The van der Waals surface area contributed by atoms with Gasteiger partial charge in [-0.3, -0.25) is 4.99 Å². The highest BCUT2D eigenvalue weighted by Crippen LogP contribution is 2.40. The third-order valence-electron chi connectivity index (χ3n) is 4.68. The summed E-state index contributed by atoms with van der Waals surface area (Å²) in [5.41, 5.74) is 5.27. The number of hydrogen-bond donors (Lipinski definition) is 0. The van der Waals surface area contributed by atoms with Gasteiger partial charge in [-0.2, -0.15) is 0 Å². The van der Waals surface area contributed by atoms with E-state index in [9.17, 15) is 0 Å². The number of hydrogen-bond acceptors (Lipinski definition) is 5. The van der Waals surface area contributed by atoms with Gasteiger partial charge >= 0.3 is 0 Å². The number of nitrogens with zero attached hydrogens (tertiary/aromatic N) is 2. The number of methoxy groups -OCH3 is 1. The molecule has 1 aliphatic heterocycles. The molecule has 1 aliphatic rings. The van der Waals surface area contributed by atoms with Gasteiger partial charge in [-0.25, -0.2) is 4.99 Å². The van der Waals surface area contributed by atoms with E-state index in [0.29, 0.717) is 0 Å². The van der Waals surface area contributed by atoms with Gasteiger partial charge in [0.2, 0.25) is 0 Å². The number of aryl methyl sites for hydroxylation is 1. The standard InChI is InChI=1S/C24H22N2OS2/c1-16-8-10-17(11-9-16)20-15-24(28-3)26-19-13-12-18(14-21(19)25-20)29-23-7-5-4-6-22(23)27-2/h4-14H,15H2,1-3H3. The lowest BCUT2D eigenvalue weighted by Crippen LogP contribution is -2.05. The van der Waals surface area contributed by atoms with E-state index in [1.54, 1.807) is 30.6 Å². The van der Waals surface area contributed by atoms with Crippen LogP contribution in [0.15, 0.2) is 86.5 Å². The van der Waals surface area contributed by atoms with Crippen LogP contribution in [0.5, 0.6) is 5.75 Å². The summed E-state index contributed by atoms with van der Waals surface area (Å²) in [4.78, 5) is 12.1. The number of fused-ring (bicyclic) bond motifs is 1. The van der Waals surface area contributed by atoms with Gasteiger partial charge < -0.3 is 4.74 Å². The van der Waals surface area contributed by atoms with Crippen molar-refractivity contribution in [3.63, 3.8) is 0 Å². The van der Waals surface area contributed by atoms with Crippen molar-refractivity contribution in [3.8, 4) is 5.75 Å². The molecule has 0 aromatic heterocycles. The molecule has 29 heavy (non-hydrogen) atoms. The van der Waals surface area contributed by atoms with Crippen molar-refractivity contribution in [1.29, 1.82) is 0 Å². The molecule has 0 N–H and O–H groups in total. The molecule has 0 bridgehead atoms. The molecule has 0 unspecified atom stereocenters. The quantitative estimate of drug-likeness (QED) is 0.454. The smallest absolute Gasteiger partial charge is 0.132 e. The predicted octanol–water partition coefficient (Wildman–Crippen LogP) is 7.07. The van der Waals surface area contributed by atoms with Crippen LogP contribution >= 0.6 is 23.5 Å². The van der Waals surface area contributed by atoms with Crippen molar-refractivity contribution in [2.24, 2.45) is 9.98 Å². The Hall–Kier alpha value is -2.50. The van der Waals surface area contributed by atoms with Crippen molar-refractivity contribution >= 4 is 45.7 Å². The molecule has 0 spiro atoms. The number of aliphatic imine (C=N–C) groups is 2. The maximum absolute atomic E-state index is 5.49. The molecule has 3 aromatic carbocycles. The Morgan fingerprint density at radius 1 is 0.897 bits per heavy atom.